The Hall–Kier alpha value is -2.60. The smallest absolute Gasteiger partial charge is 0.251 e. The van der Waals surface area contributed by atoms with Gasteiger partial charge in [-0.05, 0) is 41.8 Å². The summed E-state index contributed by atoms with van der Waals surface area (Å²) in [5, 5.41) is 11.7. The van der Waals surface area contributed by atoms with Gasteiger partial charge < -0.3 is 5.32 Å². The van der Waals surface area contributed by atoms with Crippen LogP contribution in [-0.4, -0.2) is 5.91 Å². The van der Waals surface area contributed by atoms with Crippen LogP contribution in [0.5, 0.6) is 0 Å². The van der Waals surface area contributed by atoms with Crippen molar-refractivity contribution in [1.29, 1.82) is 5.26 Å². The van der Waals surface area contributed by atoms with Crippen LogP contribution < -0.4 is 5.32 Å². The highest BCUT2D eigenvalue weighted by Crippen LogP contribution is 2.07. The molecule has 0 radical (unpaired) electrons. The van der Waals surface area contributed by atoms with Gasteiger partial charge in [0.25, 0.3) is 5.91 Å². The molecule has 20 heavy (non-hydrogen) atoms. The van der Waals surface area contributed by atoms with Crippen molar-refractivity contribution in [1.82, 2.24) is 5.32 Å². The number of nitrogens with zero attached hydrogens (tertiary/aromatic N) is 1. The first-order valence-corrected chi connectivity index (χ1v) is 6.59. The molecule has 0 spiro atoms. The average Bonchev–Trinajstić information content (AvgIpc) is 2.53. The van der Waals surface area contributed by atoms with E-state index < -0.39 is 0 Å². The summed E-state index contributed by atoms with van der Waals surface area (Å²) < 4.78 is 0. The fraction of sp³-hybridized carbons (Fsp3) is 0.176. The van der Waals surface area contributed by atoms with E-state index in [4.69, 9.17) is 5.26 Å². The fourth-order valence-corrected chi connectivity index (χ4v) is 1.93. The molecule has 100 valence electrons. The molecule has 0 aliphatic rings. The molecule has 0 fully saturated rings. The molecule has 3 heteroatoms. The standard InChI is InChI=1S/C17H16N2O/c1-2-13-6-8-16(9-7-13)17(20)19-12-15-5-3-4-14(10-15)11-18/h3-10H,2,12H2,1H3,(H,19,20). The minimum Gasteiger partial charge on any atom is -0.348 e. The second kappa shape index (κ2) is 6.53. The molecule has 0 heterocycles. The largest absolute Gasteiger partial charge is 0.348 e. The molecule has 3 nitrogen and oxygen atoms in total. The van der Waals surface area contributed by atoms with Gasteiger partial charge >= 0.3 is 0 Å². The third-order valence-electron chi connectivity index (χ3n) is 3.13. The monoisotopic (exact) mass is 264 g/mol. The van der Waals surface area contributed by atoms with E-state index in [0.717, 1.165) is 12.0 Å². The van der Waals surface area contributed by atoms with E-state index in [1.54, 1.807) is 12.1 Å². The number of hydrogen-bond acceptors (Lipinski definition) is 2. The average molecular weight is 264 g/mol. The Bertz CT molecular complexity index is 639. The number of hydrogen-bond donors (Lipinski definition) is 1. The SMILES string of the molecule is CCc1ccc(C(=O)NCc2cccc(C#N)c2)cc1. The maximum atomic E-state index is 12.0. The molecule has 0 aliphatic carbocycles. The number of amides is 1. The van der Waals surface area contributed by atoms with Crippen LogP contribution in [0.4, 0.5) is 0 Å². The zero-order valence-corrected chi connectivity index (χ0v) is 11.4. The number of rotatable bonds is 4. The first kappa shape index (κ1) is 13.8. The van der Waals surface area contributed by atoms with E-state index in [0.29, 0.717) is 17.7 Å². The molecule has 0 unspecified atom stereocenters. The van der Waals surface area contributed by atoms with E-state index in [1.165, 1.54) is 5.56 Å². The molecule has 0 aliphatic heterocycles. The van der Waals surface area contributed by atoms with Crippen molar-refractivity contribution in [3.8, 4) is 6.07 Å². The van der Waals surface area contributed by atoms with Gasteiger partial charge in [-0.25, -0.2) is 0 Å². The molecular weight excluding hydrogens is 248 g/mol. The first-order valence-electron chi connectivity index (χ1n) is 6.59. The summed E-state index contributed by atoms with van der Waals surface area (Å²) in [6.45, 7) is 2.50. The van der Waals surface area contributed by atoms with Gasteiger partial charge in [-0.2, -0.15) is 5.26 Å². The maximum Gasteiger partial charge on any atom is 0.251 e. The van der Waals surface area contributed by atoms with Gasteiger partial charge in [-0.1, -0.05) is 31.2 Å². The molecule has 0 atom stereocenters. The van der Waals surface area contributed by atoms with Crippen LogP contribution in [0.2, 0.25) is 0 Å². The minimum absolute atomic E-state index is 0.102. The Labute approximate surface area is 118 Å². The zero-order valence-electron chi connectivity index (χ0n) is 11.4. The van der Waals surface area contributed by atoms with Crippen molar-refractivity contribution in [3.63, 3.8) is 0 Å². The van der Waals surface area contributed by atoms with Crippen molar-refractivity contribution < 1.29 is 4.79 Å². The number of aryl methyl sites for hydroxylation is 1. The zero-order chi connectivity index (χ0) is 14.4. The molecule has 0 aromatic heterocycles. The number of benzene rings is 2. The van der Waals surface area contributed by atoms with Crippen molar-refractivity contribution >= 4 is 5.91 Å². The van der Waals surface area contributed by atoms with E-state index in [-0.39, 0.29) is 5.91 Å². The number of carbonyl (C=O) groups excluding carboxylic acids is 1. The summed E-state index contributed by atoms with van der Waals surface area (Å²) in [5.74, 6) is -0.102. The highest BCUT2D eigenvalue weighted by molar-refractivity contribution is 5.94. The van der Waals surface area contributed by atoms with E-state index in [9.17, 15) is 4.79 Å². The van der Waals surface area contributed by atoms with Gasteiger partial charge in [0.05, 0.1) is 11.6 Å². The topological polar surface area (TPSA) is 52.9 Å². The van der Waals surface area contributed by atoms with Crippen LogP contribution in [0, 0.1) is 11.3 Å². The van der Waals surface area contributed by atoms with Crippen molar-refractivity contribution in [2.24, 2.45) is 0 Å². The molecule has 1 N–H and O–H groups in total. The van der Waals surface area contributed by atoms with Crippen LogP contribution in [0.15, 0.2) is 48.5 Å². The third-order valence-corrected chi connectivity index (χ3v) is 3.13. The molecule has 0 saturated carbocycles. The normalized spacial score (nSPS) is 9.80. The predicted octanol–water partition coefficient (Wildman–Crippen LogP) is 3.05. The quantitative estimate of drug-likeness (QED) is 0.922. The highest BCUT2D eigenvalue weighted by atomic mass is 16.1. The lowest BCUT2D eigenvalue weighted by Crippen LogP contribution is -2.22. The molecule has 2 aromatic carbocycles. The summed E-state index contributed by atoms with van der Waals surface area (Å²) in [7, 11) is 0. The summed E-state index contributed by atoms with van der Waals surface area (Å²) >= 11 is 0. The Kier molecular flexibility index (Phi) is 4.52. The van der Waals surface area contributed by atoms with Crippen LogP contribution in [0.3, 0.4) is 0 Å². The van der Waals surface area contributed by atoms with Gasteiger partial charge in [-0.15, -0.1) is 0 Å². The number of carbonyl (C=O) groups is 1. The molecule has 1 amide bonds. The molecule has 2 aromatic rings. The summed E-state index contributed by atoms with van der Waals surface area (Å²) in [5.41, 5.74) is 3.38. The van der Waals surface area contributed by atoms with Gasteiger partial charge in [0, 0.05) is 12.1 Å². The maximum absolute atomic E-state index is 12.0. The van der Waals surface area contributed by atoms with Gasteiger partial charge in [0.1, 0.15) is 0 Å². The number of nitrogens with one attached hydrogen (secondary N) is 1. The Morgan fingerprint density at radius 1 is 1.15 bits per heavy atom. The fourth-order valence-electron chi connectivity index (χ4n) is 1.93. The van der Waals surface area contributed by atoms with E-state index in [1.807, 2.05) is 36.4 Å². The molecule has 0 saturated heterocycles. The molecule has 2 rings (SSSR count). The lowest BCUT2D eigenvalue weighted by Gasteiger charge is -2.06. The number of nitriles is 1. The molecular formula is C17H16N2O. The van der Waals surface area contributed by atoms with Gasteiger partial charge in [0.15, 0.2) is 0 Å². The summed E-state index contributed by atoms with van der Waals surface area (Å²) in [6.07, 6.45) is 0.961. The Balaban J connectivity index is 1.99. The van der Waals surface area contributed by atoms with Crippen molar-refractivity contribution in [2.75, 3.05) is 0 Å². The van der Waals surface area contributed by atoms with Crippen LogP contribution >= 0.6 is 0 Å². The summed E-state index contributed by atoms with van der Waals surface area (Å²) in [6, 6.07) is 16.9. The van der Waals surface area contributed by atoms with Crippen LogP contribution in [0.25, 0.3) is 0 Å². The van der Waals surface area contributed by atoms with E-state index >= 15 is 0 Å². The lowest BCUT2D eigenvalue weighted by molar-refractivity contribution is 0.0951. The Morgan fingerprint density at radius 3 is 2.55 bits per heavy atom. The third kappa shape index (κ3) is 3.46. The summed E-state index contributed by atoms with van der Waals surface area (Å²) in [4.78, 5) is 12.0. The second-order valence-electron chi connectivity index (χ2n) is 4.55. The Morgan fingerprint density at radius 2 is 1.90 bits per heavy atom. The van der Waals surface area contributed by atoms with Crippen LogP contribution in [0.1, 0.15) is 34.0 Å². The van der Waals surface area contributed by atoms with Gasteiger partial charge in [-0.3, -0.25) is 4.79 Å². The van der Waals surface area contributed by atoms with Crippen molar-refractivity contribution in [3.05, 3.63) is 70.8 Å². The molecule has 0 bridgehead atoms. The van der Waals surface area contributed by atoms with Crippen LogP contribution in [-0.2, 0) is 13.0 Å². The minimum atomic E-state index is -0.102. The second-order valence-corrected chi connectivity index (χ2v) is 4.55. The first-order chi connectivity index (χ1) is 9.72. The van der Waals surface area contributed by atoms with Crippen molar-refractivity contribution in [2.45, 2.75) is 19.9 Å². The van der Waals surface area contributed by atoms with Gasteiger partial charge in [0.2, 0.25) is 0 Å². The highest BCUT2D eigenvalue weighted by Gasteiger charge is 2.05. The lowest BCUT2D eigenvalue weighted by atomic mass is 10.1. The predicted molar refractivity (Wildman–Crippen MR) is 78.1 cm³/mol. The van der Waals surface area contributed by atoms with E-state index in [2.05, 4.69) is 18.3 Å².